The summed E-state index contributed by atoms with van der Waals surface area (Å²) >= 11 is 0. The van der Waals surface area contributed by atoms with Gasteiger partial charge in [-0.15, -0.1) is 0 Å². The van der Waals surface area contributed by atoms with Crippen molar-refractivity contribution in [2.24, 2.45) is 0 Å². The molecule has 0 amide bonds. The van der Waals surface area contributed by atoms with Gasteiger partial charge in [-0.1, -0.05) is 6.07 Å². The third-order valence-electron chi connectivity index (χ3n) is 1.72. The molecule has 0 aliphatic heterocycles. The molecule has 0 saturated carbocycles. The molecule has 7 heteroatoms. The van der Waals surface area contributed by atoms with Crippen molar-refractivity contribution in [1.29, 1.82) is 5.26 Å². The smallest absolute Gasteiger partial charge is 0.230 e. The summed E-state index contributed by atoms with van der Waals surface area (Å²) in [4.78, 5) is 0.509. The van der Waals surface area contributed by atoms with Crippen LogP contribution in [0.15, 0.2) is 29.2 Å². The van der Waals surface area contributed by atoms with Crippen molar-refractivity contribution >= 4 is 21.8 Å². The maximum atomic E-state index is 12.4. The summed E-state index contributed by atoms with van der Waals surface area (Å²) in [6, 6.07) is 7.06. The lowest BCUT2D eigenvalue weighted by Gasteiger charge is -2.11. The Bertz CT molecular complexity index is 415. The number of rotatable bonds is 4. The second-order valence-corrected chi connectivity index (χ2v) is 5.49. The van der Waals surface area contributed by atoms with E-state index in [4.69, 9.17) is 5.26 Å². The molecule has 1 aromatic rings. The Balaban J connectivity index is 2.64. The first-order valence-electron chi connectivity index (χ1n) is 4.53. The summed E-state index contributed by atoms with van der Waals surface area (Å²) in [6.45, 7) is 0.219. The molecule has 0 atom stereocenters. The Labute approximate surface area is 105 Å². The number of benzene rings is 1. The topological polar surface area (TPSA) is 27.0 Å². The SMILES string of the molecule is CN(CC#N)SSc1cccc(C(F)(F)F)c1. The van der Waals surface area contributed by atoms with Gasteiger partial charge in [0.15, 0.2) is 0 Å². The predicted molar refractivity (Wildman–Crippen MR) is 63.1 cm³/mol. The molecular formula is C10H9F3N2S2. The molecule has 0 radical (unpaired) electrons. The lowest BCUT2D eigenvalue weighted by molar-refractivity contribution is -0.137. The number of hydrogen-bond acceptors (Lipinski definition) is 4. The van der Waals surface area contributed by atoms with E-state index in [2.05, 4.69) is 0 Å². The third kappa shape index (κ3) is 4.89. The third-order valence-corrected chi connectivity index (χ3v) is 4.18. The molecule has 1 rings (SSSR count). The van der Waals surface area contributed by atoms with E-state index < -0.39 is 11.7 Å². The quantitative estimate of drug-likeness (QED) is 0.475. The van der Waals surface area contributed by atoms with Crippen LogP contribution in [0.3, 0.4) is 0 Å². The van der Waals surface area contributed by atoms with Crippen LogP contribution in [-0.2, 0) is 6.18 Å². The highest BCUT2D eigenvalue weighted by molar-refractivity contribution is 8.75. The van der Waals surface area contributed by atoms with Crippen LogP contribution in [0.5, 0.6) is 0 Å². The van der Waals surface area contributed by atoms with Crippen molar-refractivity contribution in [2.45, 2.75) is 11.1 Å². The van der Waals surface area contributed by atoms with Crippen LogP contribution in [0, 0.1) is 11.3 Å². The highest BCUT2D eigenvalue weighted by Crippen LogP contribution is 2.36. The number of alkyl halides is 3. The van der Waals surface area contributed by atoms with Gasteiger partial charge in [0.05, 0.1) is 18.2 Å². The Hall–Kier alpha value is -0.840. The van der Waals surface area contributed by atoms with Crippen molar-refractivity contribution in [3.63, 3.8) is 0 Å². The van der Waals surface area contributed by atoms with Crippen molar-refractivity contribution in [1.82, 2.24) is 4.31 Å². The second kappa shape index (κ2) is 6.19. The maximum Gasteiger partial charge on any atom is 0.416 e. The van der Waals surface area contributed by atoms with E-state index in [1.165, 1.54) is 27.8 Å². The number of nitriles is 1. The van der Waals surface area contributed by atoms with E-state index in [1.807, 2.05) is 6.07 Å². The summed E-state index contributed by atoms with van der Waals surface area (Å²) in [5.41, 5.74) is -0.661. The predicted octanol–water partition coefficient (Wildman–Crippen LogP) is 3.82. The van der Waals surface area contributed by atoms with E-state index in [0.717, 1.165) is 12.1 Å². The number of nitrogens with zero attached hydrogens (tertiary/aromatic N) is 2. The van der Waals surface area contributed by atoms with E-state index in [-0.39, 0.29) is 6.54 Å². The summed E-state index contributed by atoms with van der Waals surface area (Å²) in [5.74, 6) is 0. The molecule has 92 valence electrons. The molecule has 0 aliphatic rings. The minimum atomic E-state index is -4.32. The molecular weight excluding hydrogens is 269 g/mol. The Kier molecular flexibility index (Phi) is 5.18. The van der Waals surface area contributed by atoms with Gasteiger partial charge in [-0.05, 0) is 47.0 Å². The number of halogens is 3. The lowest BCUT2D eigenvalue weighted by atomic mass is 10.2. The molecule has 0 spiro atoms. The fraction of sp³-hybridized carbons (Fsp3) is 0.300. The minimum absolute atomic E-state index is 0.219. The zero-order chi connectivity index (χ0) is 12.9. The van der Waals surface area contributed by atoms with E-state index in [0.29, 0.717) is 4.90 Å². The van der Waals surface area contributed by atoms with Crippen LogP contribution in [0.4, 0.5) is 13.2 Å². The standard InChI is InChI=1S/C10H9F3N2S2/c1-15(6-5-14)17-16-9-4-2-3-8(7-9)10(11,12)13/h2-4,7H,6H2,1H3. The first kappa shape index (κ1) is 14.2. The van der Waals surface area contributed by atoms with Gasteiger partial charge in [-0.3, -0.25) is 0 Å². The molecule has 0 saturated heterocycles. The van der Waals surface area contributed by atoms with E-state index >= 15 is 0 Å². The highest BCUT2D eigenvalue weighted by Gasteiger charge is 2.30. The average Bonchev–Trinajstić information content (AvgIpc) is 2.26. The van der Waals surface area contributed by atoms with Crippen LogP contribution < -0.4 is 0 Å². The molecule has 0 bridgehead atoms. The minimum Gasteiger partial charge on any atom is -0.230 e. The van der Waals surface area contributed by atoms with Gasteiger partial charge in [0.25, 0.3) is 0 Å². The van der Waals surface area contributed by atoms with Gasteiger partial charge in [0, 0.05) is 4.90 Å². The molecule has 0 fully saturated rings. The molecule has 0 N–H and O–H groups in total. The van der Waals surface area contributed by atoms with Crippen LogP contribution in [0.25, 0.3) is 0 Å². The molecule has 2 nitrogen and oxygen atoms in total. The molecule has 0 unspecified atom stereocenters. The Morgan fingerprint density at radius 3 is 2.71 bits per heavy atom. The van der Waals surface area contributed by atoms with Crippen LogP contribution in [0.2, 0.25) is 0 Å². The van der Waals surface area contributed by atoms with Crippen molar-refractivity contribution in [3.8, 4) is 6.07 Å². The Morgan fingerprint density at radius 2 is 2.12 bits per heavy atom. The van der Waals surface area contributed by atoms with Crippen molar-refractivity contribution in [3.05, 3.63) is 29.8 Å². The normalized spacial score (nSPS) is 11.5. The van der Waals surface area contributed by atoms with Crippen LogP contribution >= 0.6 is 21.8 Å². The van der Waals surface area contributed by atoms with E-state index in [9.17, 15) is 13.2 Å². The zero-order valence-electron chi connectivity index (χ0n) is 8.86. The fourth-order valence-corrected chi connectivity index (χ4v) is 2.70. The highest BCUT2D eigenvalue weighted by atomic mass is 33.1. The lowest BCUT2D eigenvalue weighted by Crippen LogP contribution is -2.07. The molecule has 17 heavy (non-hydrogen) atoms. The van der Waals surface area contributed by atoms with Gasteiger partial charge in [0.2, 0.25) is 0 Å². The summed E-state index contributed by atoms with van der Waals surface area (Å²) in [7, 11) is 4.13. The number of hydrogen-bond donors (Lipinski definition) is 0. The molecule has 0 aromatic heterocycles. The fourth-order valence-electron chi connectivity index (χ4n) is 0.957. The van der Waals surface area contributed by atoms with Gasteiger partial charge in [-0.25, -0.2) is 4.31 Å². The van der Waals surface area contributed by atoms with Crippen molar-refractivity contribution < 1.29 is 13.2 Å². The first-order chi connectivity index (χ1) is 7.93. The van der Waals surface area contributed by atoms with Crippen LogP contribution in [0.1, 0.15) is 5.56 Å². The zero-order valence-corrected chi connectivity index (χ0v) is 10.5. The van der Waals surface area contributed by atoms with Crippen molar-refractivity contribution in [2.75, 3.05) is 13.6 Å². The van der Waals surface area contributed by atoms with Gasteiger partial charge >= 0.3 is 6.18 Å². The largest absolute Gasteiger partial charge is 0.416 e. The maximum absolute atomic E-state index is 12.4. The summed E-state index contributed by atoms with van der Waals surface area (Å²) in [5, 5.41) is 8.42. The van der Waals surface area contributed by atoms with Gasteiger partial charge < -0.3 is 0 Å². The summed E-state index contributed by atoms with van der Waals surface area (Å²) in [6.07, 6.45) is -4.32. The summed E-state index contributed by atoms with van der Waals surface area (Å²) < 4.78 is 38.9. The first-order valence-corrected chi connectivity index (χ1v) is 6.64. The monoisotopic (exact) mass is 278 g/mol. The average molecular weight is 278 g/mol. The molecule has 0 aliphatic carbocycles. The van der Waals surface area contributed by atoms with Gasteiger partial charge in [-0.2, -0.15) is 18.4 Å². The second-order valence-electron chi connectivity index (χ2n) is 3.13. The molecule has 0 heterocycles. The Morgan fingerprint density at radius 1 is 1.41 bits per heavy atom. The molecule has 1 aromatic carbocycles. The van der Waals surface area contributed by atoms with Gasteiger partial charge in [0.1, 0.15) is 0 Å². The van der Waals surface area contributed by atoms with Crippen LogP contribution in [-0.4, -0.2) is 17.9 Å². The van der Waals surface area contributed by atoms with E-state index in [1.54, 1.807) is 17.4 Å².